The van der Waals surface area contributed by atoms with Gasteiger partial charge in [0, 0.05) is 56.0 Å². The van der Waals surface area contributed by atoms with Crippen molar-refractivity contribution in [3.63, 3.8) is 0 Å². The van der Waals surface area contributed by atoms with Crippen molar-refractivity contribution in [1.82, 2.24) is 10.3 Å². The fourth-order valence-electron chi connectivity index (χ4n) is 3.22. The van der Waals surface area contributed by atoms with Gasteiger partial charge in [0.15, 0.2) is 0 Å². The zero-order chi connectivity index (χ0) is 22.4. The van der Waals surface area contributed by atoms with E-state index in [2.05, 4.69) is 20.7 Å². The minimum atomic E-state index is -0.436. The molecular formula is C21H24N6O4. The molecule has 2 amide bonds. The number of rotatable bonds is 6. The lowest BCUT2D eigenvalue weighted by molar-refractivity contribution is -0.384. The van der Waals surface area contributed by atoms with E-state index in [0.717, 1.165) is 26.2 Å². The summed E-state index contributed by atoms with van der Waals surface area (Å²) in [7, 11) is 2.02. The molecule has 1 heterocycles. The van der Waals surface area contributed by atoms with Crippen LogP contribution in [0.1, 0.15) is 22.8 Å². The second-order valence-corrected chi connectivity index (χ2v) is 7.25. The molecule has 0 aromatic heterocycles. The largest absolute Gasteiger partial charge is 0.363 e. The van der Waals surface area contributed by atoms with Crippen LogP contribution in [-0.2, 0) is 4.79 Å². The molecule has 0 saturated carbocycles. The van der Waals surface area contributed by atoms with Gasteiger partial charge in [0.25, 0.3) is 11.6 Å². The van der Waals surface area contributed by atoms with E-state index in [4.69, 9.17) is 0 Å². The zero-order valence-corrected chi connectivity index (χ0v) is 17.4. The van der Waals surface area contributed by atoms with Crippen molar-refractivity contribution in [2.24, 2.45) is 5.10 Å². The Hall–Kier alpha value is -3.79. The van der Waals surface area contributed by atoms with Crippen molar-refractivity contribution in [3.8, 4) is 0 Å². The van der Waals surface area contributed by atoms with Crippen molar-refractivity contribution in [3.05, 3.63) is 63.7 Å². The van der Waals surface area contributed by atoms with Gasteiger partial charge in [0.05, 0.1) is 11.1 Å². The van der Waals surface area contributed by atoms with E-state index in [1.54, 1.807) is 36.4 Å². The van der Waals surface area contributed by atoms with E-state index in [0.29, 0.717) is 22.5 Å². The molecule has 2 aromatic rings. The number of anilines is 2. The number of benzene rings is 2. The monoisotopic (exact) mass is 424 g/mol. The van der Waals surface area contributed by atoms with Gasteiger partial charge in [-0.25, -0.2) is 5.43 Å². The summed E-state index contributed by atoms with van der Waals surface area (Å²) in [5, 5.41) is 18.1. The molecule has 1 aliphatic heterocycles. The first kappa shape index (κ1) is 21.9. The van der Waals surface area contributed by atoms with Crippen LogP contribution in [0.2, 0.25) is 0 Å². The highest BCUT2D eigenvalue weighted by molar-refractivity contribution is 5.96. The van der Waals surface area contributed by atoms with E-state index in [-0.39, 0.29) is 11.6 Å². The van der Waals surface area contributed by atoms with Crippen LogP contribution in [0, 0.1) is 10.1 Å². The molecular weight excluding hydrogens is 400 g/mol. The number of piperazine rings is 1. The number of hydrazone groups is 1. The van der Waals surface area contributed by atoms with Crippen molar-refractivity contribution in [1.29, 1.82) is 0 Å². The molecule has 2 N–H and O–H groups in total. The van der Waals surface area contributed by atoms with Gasteiger partial charge in [-0.05, 0) is 37.4 Å². The fourth-order valence-corrected chi connectivity index (χ4v) is 3.22. The van der Waals surface area contributed by atoms with Gasteiger partial charge in [-0.3, -0.25) is 19.7 Å². The predicted octanol–water partition coefficient (Wildman–Crippen LogP) is 2.07. The van der Waals surface area contributed by atoms with Crippen LogP contribution in [0.5, 0.6) is 0 Å². The fraction of sp³-hybridized carbons (Fsp3) is 0.286. The summed E-state index contributed by atoms with van der Waals surface area (Å²) in [4.78, 5) is 38.6. The third kappa shape index (κ3) is 5.86. The van der Waals surface area contributed by atoms with Crippen LogP contribution >= 0.6 is 0 Å². The predicted molar refractivity (Wildman–Crippen MR) is 119 cm³/mol. The van der Waals surface area contributed by atoms with Crippen LogP contribution in [0.15, 0.2) is 47.6 Å². The van der Waals surface area contributed by atoms with Crippen molar-refractivity contribution >= 4 is 35.1 Å². The second-order valence-electron chi connectivity index (χ2n) is 7.25. The van der Waals surface area contributed by atoms with Crippen molar-refractivity contribution in [2.45, 2.75) is 6.92 Å². The van der Waals surface area contributed by atoms with Gasteiger partial charge >= 0.3 is 0 Å². The number of hydrogen-bond acceptors (Lipinski definition) is 7. The summed E-state index contributed by atoms with van der Waals surface area (Å²) in [5.41, 5.74) is 4.44. The number of carbonyl (C=O) groups is 2. The molecule has 2 aromatic carbocycles. The van der Waals surface area contributed by atoms with Crippen LogP contribution in [0.25, 0.3) is 0 Å². The van der Waals surface area contributed by atoms with Gasteiger partial charge in [-0.1, -0.05) is 6.07 Å². The SMILES string of the molecule is CC(=O)Nc1ccc(C(=O)N/N=C/c2ccc(N3CCN(C)CC3)c([N+](=O)[O-])c2)cc1. The van der Waals surface area contributed by atoms with Crippen LogP contribution in [0.4, 0.5) is 17.1 Å². The normalized spacial score (nSPS) is 14.5. The van der Waals surface area contributed by atoms with E-state index in [1.165, 1.54) is 19.2 Å². The van der Waals surface area contributed by atoms with Gasteiger partial charge in [0.1, 0.15) is 5.69 Å². The number of amides is 2. The topological polar surface area (TPSA) is 120 Å². The third-order valence-electron chi connectivity index (χ3n) is 4.89. The zero-order valence-electron chi connectivity index (χ0n) is 17.4. The van der Waals surface area contributed by atoms with E-state index < -0.39 is 10.8 Å². The third-order valence-corrected chi connectivity index (χ3v) is 4.89. The van der Waals surface area contributed by atoms with Gasteiger partial charge in [-0.2, -0.15) is 5.10 Å². The standard InChI is InChI=1S/C21H24N6O4/c1-15(28)23-18-6-4-17(5-7-18)21(29)24-22-14-16-3-8-19(20(13-16)27(30)31)26-11-9-25(2)10-12-26/h3-8,13-14H,9-12H2,1-2H3,(H,23,28)(H,24,29)/b22-14+. The lowest BCUT2D eigenvalue weighted by atomic mass is 10.1. The number of nitro benzene ring substituents is 1. The molecule has 1 saturated heterocycles. The molecule has 10 nitrogen and oxygen atoms in total. The van der Waals surface area contributed by atoms with Crippen LogP contribution < -0.4 is 15.6 Å². The maximum Gasteiger partial charge on any atom is 0.293 e. The maximum absolute atomic E-state index is 12.2. The average Bonchev–Trinajstić information content (AvgIpc) is 2.74. The first-order chi connectivity index (χ1) is 14.8. The number of nitro groups is 1. The highest BCUT2D eigenvalue weighted by Crippen LogP contribution is 2.29. The Labute approximate surface area is 179 Å². The van der Waals surface area contributed by atoms with Gasteiger partial charge in [-0.15, -0.1) is 0 Å². The number of nitrogens with zero attached hydrogens (tertiary/aromatic N) is 4. The first-order valence-corrected chi connectivity index (χ1v) is 9.76. The number of carbonyl (C=O) groups excluding carboxylic acids is 2. The summed E-state index contributed by atoms with van der Waals surface area (Å²) in [6.45, 7) is 4.54. The highest BCUT2D eigenvalue weighted by Gasteiger charge is 2.22. The highest BCUT2D eigenvalue weighted by atomic mass is 16.6. The van der Waals surface area contributed by atoms with Crippen molar-refractivity contribution < 1.29 is 14.5 Å². The summed E-state index contributed by atoms with van der Waals surface area (Å²) >= 11 is 0. The summed E-state index contributed by atoms with van der Waals surface area (Å²) in [5.74, 6) is -0.635. The van der Waals surface area contributed by atoms with E-state index >= 15 is 0 Å². The number of nitrogens with one attached hydrogen (secondary N) is 2. The lowest BCUT2D eigenvalue weighted by Gasteiger charge is -2.33. The Morgan fingerprint density at radius 1 is 1.10 bits per heavy atom. The summed E-state index contributed by atoms with van der Waals surface area (Å²) in [6, 6.07) is 11.2. The Morgan fingerprint density at radius 3 is 2.39 bits per heavy atom. The smallest absolute Gasteiger partial charge is 0.293 e. The molecule has 162 valence electrons. The Bertz CT molecular complexity index is 997. The van der Waals surface area contributed by atoms with Crippen LogP contribution in [-0.4, -0.2) is 61.1 Å². The minimum absolute atomic E-state index is 0.00777. The average molecular weight is 424 g/mol. The molecule has 0 atom stereocenters. The molecule has 31 heavy (non-hydrogen) atoms. The molecule has 1 aliphatic rings. The quantitative estimate of drug-likeness (QED) is 0.416. The van der Waals surface area contributed by atoms with Crippen molar-refractivity contribution in [2.75, 3.05) is 43.4 Å². The maximum atomic E-state index is 12.2. The Kier molecular flexibility index (Phi) is 6.93. The molecule has 0 bridgehead atoms. The molecule has 0 aliphatic carbocycles. The van der Waals surface area contributed by atoms with E-state index in [1.807, 2.05) is 11.9 Å². The second kappa shape index (κ2) is 9.81. The summed E-state index contributed by atoms with van der Waals surface area (Å²) in [6.07, 6.45) is 1.37. The number of hydrogen-bond donors (Lipinski definition) is 2. The molecule has 1 fully saturated rings. The first-order valence-electron chi connectivity index (χ1n) is 9.76. The summed E-state index contributed by atoms with van der Waals surface area (Å²) < 4.78 is 0. The van der Waals surface area contributed by atoms with Gasteiger partial charge < -0.3 is 15.1 Å². The lowest BCUT2D eigenvalue weighted by Crippen LogP contribution is -2.44. The Balaban J connectivity index is 1.66. The molecule has 3 rings (SSSR count). The molecule has 0 radical (unpaired) electrons. The Morgan fingerprint density at radius 2 is 1.77 bits per heavy atom. The number of likely N-dealkylation sites (N-methyl/N-ethyl adjacent to an activating group) is 1. The molecule has 10 heteroatoms. The van der Waals surface area contributed by atoms with E-state index in [9.17, 15) is 19.7 Å². The minimum Gasteiger partial charge on any atom is -0.363 e. The van der Waals surface area contributed by atoms with Crippen LogP contribution in [0.3, 0.4) is 0 Å². The molecule has 0 unspecified atom stereocenters. The molecule has 0 spiro atoms. The van der Waals surface area contributed by atoms with Gasteiger partial charge in [0.2, 0.25) is 5.91 Å².